The van der Waals surface area contributed by atoms with Crippen LogP contribution in [0.25, 0.3) is 28.3 Å². The first-order chi connectivity index (χ1) is 20.4. The lowest BCUT2D eigenvalue weighted by Crippen LogP contribution is -2.31. The smallest absolute Gasteiger partial charge is 0.335 e. The number of non-ortho nitro benzene ring substituents is 1. The lowest BCUT2D eigenvalue weighted by atomic mass is 10.1. The van der Waals surface area contributed by atoms with Crippen LogP contribution in [-0.4, -0.2) is 43.5 Å². The summed E-state index contributed by atoms with van der Waals surface area (Å²) in [4.78, 5) is 45.3. The van der Waals surface area contributed by atoms with E-state index in [1.165, 1.54) is 36.0 Å². The van der Waals surface area contributed by atoms with Crippen LogP contribution in [0.2, 0.25) is 0 Å². The summed E-state index contributed by atoms with van der Waals surface area (Å²) in [5, 5.41) is 21.7. The highest BCUT2D eigenvalue weighted by atomic mass is 32.2. The van der Waals surface area contributed by atoms with E-state index in [4.69, 9.17) is 9.52 Å². The van der Waals surface area contributed by atoms with Gasteiger partial charge in [0.1, 0.15) is 11.5 Å². The van der Waals surface area contributed by atoms with Gasteiger partial charge in [0.2, 0.25) is 0 Å². The number of benzene rings is 3. The molecule has 0 unspecified atom stereocenters. The molecule has 1 saturated heterocycles. The van der Waals surface area contributed by atoms with E-state index < -0.39 is 10.9 Å². The molecule has 0 spiro atoms. The molecular formula is C31H22N4O6S. The monoisotopic (exact) mass is 578 g/mol. The van der Waals surface area contributed by atoms with Crippen LogP contribution in [0.1, 0.15) is 21.7 Å². The highest BCUT2D eigenvalue weighted by molar-refractivity contribution is 8.18. The molecule has 10 nitrogen and oxygen atoms in total. The Morgan fingerprint density at radius 2 is 1.81 bits per heavy atom. The first kappa shape index (κ1) is 26.8. The molecule has 1 aliphatic heterocycles. The van der Waals surface area contributed by atoms with Crippen molar-refractivity contribution in [3.8, 4) is 11.3 Å². The van der Waals surface area contributed by atoms with Crippen LogP contribution in [0, 0.1) is 10.1 Å². The number of aliphatic imine (C=N–C) groups is 1. The number of carboxylic acids is 1. The molecule has 2 aromatic heterocycles. The number of nitrogens with zero attached hydrogens (tertiary/aromatic N) is 3. The fourth-order valence-corrected chi connectivity index (χ4v) is 5.62. The molecule has 0 saturated carbocycles. The highest BCUT2D eigenvalue weighted by Gasteiger charge is 2.33. The number of hydrogen-bond acceptors (Lipinski definition) is 7. The topological polar surface area (TPSA) is 142 Å². The van der Waals surface area contributed by atoms with Gasteiger partial charge in [-0.1, -0.05) is 30.3 Å². The van der Waals surface area contributed by atoms with Gasteiger partial charge in [-0.05, 0) is 66.2 Å². The van der Waals surface area contributed by atoms with Crippen LogP contribution in [0.5, 0.6) is 0 Å². The van der Waals surface area contributed by atoms with Crippen LogP contribution in [0.3, 0.4) is 0 Å². The molecule has 0 aliphatic carbocycles. The summed E-state index contributed by atoms with van der Waals surface area (Å²) in [6, 6.07) is 23.6. The fourth-order valence-electron chi connectivity index (χ4n) is 4.61. The van der Waals surface area contributed by atoms with E-state index in [1.807, 2.05) is 30.5 Å². The van der Waals surface area contributed by atoms with Gasteiger partial charge in [0, 0.05) is 47.4 Å². The number of para-hydroxylation sites is 1. The Bertz CT molecular complexity index is 1890. The van der Waals surface area contributed by atoms with E-state index in [-0.39, 0.29) is 17.2 Å². The van der Waals surface area contributed by atoms with Crippen molar-refractivity contribution in [1.82, 2.24) is 9.88 Å². The molecule has 0 bridgehead atoms. The van der Waals surface area contributed by atoms with E-state index in [1.54, 1.807) is 47.4 Å². The van der Waals surface area contributed by atoms with Gasteiger partial charge in [-0.15, -0.1) is 0 Å². The lowest BCUT2D eigenvalue weighted by molar-refractivity contribution is -0.384. The summed E-state index contributed by atoms with van der Waals surface area (Å²) < 4.78 is 5.96. The lowest BCUT2D eigenvalue weighted by Gasteiger charge is -2.15. The van der Waals surface area contributed by atoms with Crippen molar-refractivity contribution >= 4 is 57.2 Å². The zero-order chi connectivity index (χ0) is 29.2. The van der Waals surface area contributed by atoms with E-state index in [0.29, 0.717) is 45.8 Å². The van der Waals surface area contributed by atoms with Crippen molar-refractivity contribution in [3.63, 3.8) is 0 Å². The quantitative estimate of drug-likeness (QED) is 0.116. The number of nitro benzene ring substituents is 1. The number of amides is 1. The molecule has 1 aliphatic rings. The number of amidine groups is 1. The standard InChI is InChI=1S/C31H22N4O6S/c36-29-28(17-24-13-14-27(41-24)19-5-7-20(8-6-19)30(37)38)42-31(33-22-9-11-23(12-10-22)35(39)40)34(29)16-15-21-18-32-26-4-2-1-3-25(21)26/h1-14,17-18,32H,15-16H2,(H,37,38)/b28-17-,33-31?. The number of thioether (sulfide) groups is 1. The second-order valence-electron chi connectivity index (χ2n) is 9.43. The van der Waals surface area contributed by atoms with E-state index in [9.17, 15) is 19.7 Å². The van der Waals surface area contributed by atoms with Gasteiger partial charge in [-0.2, -0.15) is 0 Å². The van der Waals surface area contributed by atoms with E-state index in [2.05, 4.69) is 9.98 Å². The predicted molar refractivity (Wildman–Crippen MR) is 161 cm³/mol. The Morgan fingerprint density at radius 3 is 2.55 bits per heavy atom. The molecule has 208 valence electrons. The maximum absolute atomic E-state index is 13.6. The van der Waals surface area contributed by atoms with Crippen LogP contribution < -0.4 is 0 Å². The maximum atomic E-state index is 13.6. The molecule has 0 atom stereocenters. The number of hydrogen-bond donors (Lipinski definition) is 2. The Labute approximate surface area is 243 Å². The number of rotatable bonds is 8. The third kappa shape index (κ3) is 5.45. The number of furan rings is 1. The number of aromatic amines is 1. The average molecular weight is 579 g/mol. The molecule has 11 heteroatoms. The minimum absolute atomic E-state index is 0.0444. The number of nitro groups is 1. The Balaban J connectivity index is 1.28. The van der Waals surface area contributed by atoms with Crippen LogP contribution in [-0.2, 0) is 11.2 Å². The maximum Gasteiger partial charge on any atom is 0.335 e. The first-order valence-electron chi connectivity index (χ1n) is 12.9. The van der Waals surface area contributed by atoms with Crippen LogP contribution in [0.15, 0.2) is 105 Å². The second-order valence-corrected chi connectivity index (χ2v) is 10.4. The Hall–Kier alpha value is -5.42. The van der Waals surface area contributed by atoms with Crippen molar-refractivity contribution in [2.75, 3.05) is 6.54 Å². The summed E-state index contributed by atoms with van der Waals surface area (Å²) >= 11 is 1.20. The number of fused-ring (bicyclic) bond motifs is 1. The van der Waals surface area contributed by atoms with Crippen molar-refractivity contribution in [1.29, 1.82) is 0 Å². The summed E-state index contributed by atoms with van der Waals surface area (Å²) in [7, 11) is 0. The van der Waals surface area contributed by atoms with Gasteiger partial charge in [0.05, 0.1) is 21.1 Å². The van der Waals surface area contributed by atoms with Gasteiger partial charge in [-0.3, -0.25) is 19.8 Å². The molecule has 1 amide bonds. The number of carbonyl (C=O) groups excluding carboxylic acids is 1. The molecule has 42 heavy (non-hydrogen) atoms. The molecule has 5 aromatic rings. The third-order valence-electron chi connectivity index (χ3n) is 6.77. The van der Waals surface area contributed by atoms with Crippen molar-refractivity contribution in [3.05, 3.63) is 123 Å². The zero-order valence-electron chi connectivity index (χ0n) is 21.9. The summed E-state index contributed by atoms with van der Waals surface area (Å²) in [5.74, 6) is -0.255. The van der Waals surface area contributed by atoms with Crippen LogP contribution in [0.4, 0.5) is 11.4 Å². The third-order valence-corrected chi connectivity index (χ3v) is 7.78. The minimum Gasteiger partial charge on any atom is -0.478 e. The number of carboxylic acid groups (broad SMARTS) is 1. The fraction of sp³-hybridized carbons (Fsp3) is 0.0645. The number of H-pyrrole nitrogens is 1. The largest absolute Gasteiger partial charge is 0.478 e. The van der Waals surface area contributed by atoms with Crippen molar-refractivity contribution in [2.45, 2.75) is 6.42 Å². The van der Waals surface area contributed by atoms with E-state index in [0.717, 1.165) is 16.5 Å². The van der Waals surface area contributed by atoms with Gasteiger partial charge < -0.3 is 14.5 Å². The van der Waals surface area contributed by atoms with E-state index >= 15 is 0 Å². The number of nitrogens with one attached hydrogen (secondary N) is 1. The normalized spacial score (nSPS) is 15.2. The predicted octanol–water partition coefficient (Wildman–Crippen LogP) is 6.88. The second kappa shape index (κ2) is 11.2. The summed E-state index contributed by atoms with van der Waals surface area (Å²) in [6.45, 7) is 0.371. The molecule has 1 fully saturated rings. The molecule has 3 aromatic carbocycles. The Kier molecular flexibility index (Phi) is 7.16. The average Bonchev–Trinajstić information content (AvgIpc) is 3.71. The Morgan fingerprint density at radius 1 is 1.05 bits per heavy atom. The number of carbonyl (C=O) groups is 2. The summed E-state index contributed by atoms with van der Waals surface area (Å²) in [6.07, 6.45) is 4.18. The minimum atomic E-state index is -1.01. The molecule has 3 heterocycles. The van der Waals surface area contributed by atoms with Gasteiger partial charge in [0.25, 0.3) is 11.6 Å². The van der Waals surface area contributed by atoms with Gasteiger partial charge in [-0.25, -0.2) is 9.79 Å². The summed E-state index contributed by atoms with van der Waals surface area (Å²) in [5.41, 5.74) is 3.40. The molecular weight excluding hydrogens is 556 g/mol. The highest BCUT2D eigenvalue weighted by Crippen LogP contribution is 2.36. The number of aromatic carboxylic acids is 1. The SMILES string of the molecule is O=C(O)c1ccc(-c2ccc(/C=C3\SC(=Nc4ccc([N+](=O)[O-])cc4)N(CCc4c[nH]c5ccccc45)C3=O)o2)cc1. The van der Waals surface area contributed by atoms with Gasteiger partial charge in [0.15, 0.2) is 5.17 Å². The van der Waals surface area contributed by atoms with Gasteiger partial charge >= 0.3 is 5.97 Å². The van der Waals surface area contributed by atoms with Crippen LogP contribution >= 0.6 is 11.8 Å². The number of aromatic nitrogens is 1. The molecule has 0 radical (unpaired) electrons. The first-order valence-corrected chi connectivity index (χ1v) is 13.7. The van der Waals surface area contributed by atoms with Crippen molar-refractivity contribution < 1.29 is 24.0 Å². The zero-order valence-corrected chi connectivity index (χ0v) is 22.7. The van der Waals surface area contributed by atoms with Crippen molar-refractivity contribution in [2.24, 2.45) is 4.99 Å². The molecule has 6 rings (SSSR count). The molecule has 2 N–H and O–H groups in total.